The maximum Gasteiger partial charge on any atom is 0.219 e. The molecule has 1 saturated carbocycles. The SMILES string of the molecule is NC(=NO)c1ncn(Cc2ccn(C3CCCCC3)n2)n1. The van der Waals surface area contributed by atoms with Crippen molar-refractivity contribution in [1.29, 1.82) is 0 Å². The Bertz CT molecular complexity index is 624. The van der Waals surface area contributed by atoms with Crippen LogP contribution in [0.5, 0.6) is 0 Å². The second-order valence-corrected chi connectivity index (χ2v) is 5.33. The summed E-state index contributed by atoms with van der Waals surface area (Å²) >= 11 is 0. The summed E-state index contributed by atoms with van der Waals surface area (Å²) in [6.45, 7) is 0.519. The second-order valence-electron chi connectivity index (χ2n) is 5.33. The number of nitrogens with two attached hydrogens (primary N) is 1. The topological polar surface area (TPSA) is 107 Å². The minimum absolute atomic E-state index is 0.0958. The van der Waals surface area contributed by atoms with Gasteiger partial charge in [-0.15, -0.1) is 5.10 Å². The van der Waals surface area contributed by atoms with Crippen LogP contribution in [-0.2, 0) is 6.54 Å². The Balaban J connectivity index is 1.68. The largest absolute Gasteiger partial charge is 0.409 e. The van der Waals surface area contributed by atoms with Gasteiger partial charge in [-0.3, -0.25) is 4.68 Å². The quantitative estimate of drug-likeness (QED) is 0.379. The Labute approximate surface area is 122 Å². The van der Waals surface area contributed by atoms with Crippen LogP contribution in [0.2, 0.25) is 0 Å². The first kappa shape index (κ1) is 13.6. The van der Waals surface area contributed by atoms with Gasteiger partial charge in [-0.05, 0) is 18.9 Å². The smallest absolute Gasteiger partial charge is 0.219 e. The average Bonchev–Trinajstić information content (AvgIpc) is 3.17. The van der Waals surface area contributed by atoms with E-state index in [9.17, 15) is 0 Å². The number of amidine groups is 1. The Morgan fingerprint density at radius 3 is 2.90 bits per heavy atom. The van der Waals surface area contributed by atoms with Crippen LogP contribution in [0.4, 0.5) is 0 Å². The lowest BCUT2D eigenvalue weighted by Gasteiger charge is -2.21. The molecule has 3 rings (SSSR count). The maximum absolute atomic E-state index is 8.59. The van der Waals surface area contributed by atoms with Gasteiger partial charge in [0.2, 0.25) is 11.7 Å². The number of hydrogen-bond acceptors (Lipinski definition) is 5. The minimum Gasteiger partial charge on any atom is -0.409 e. The van der Waals surface area contributed by atoms with Crippen LogP contribution in [0.15, 0.2) is 23.7 Å². The summed E-state index contributed by atoms with van der Waals surface area (Å²) in [4.78, 5) is 3.98. The van der Waals surface area contributed by atoms with Gasteiger partial charge in [0.05, 0.1) is 18.3 Å². The van der Waals surface area contributed by atoms with Crippen LogP contribution in [0.3, 0.4) is 0 Å². The number of hydrogen-bond donors (Lipinski definition) is 2. The van der Waals surface area contributed by atoms with E-state index in [0.29, 0.717) is 12.6 Å². The maximum atomic E-state index is 8.59. The fourth-order valence-corrected chi connectivity index (χ4v) is 2.71. The van der Waals surface area contributed by atoms with Gasteiger partial charge in [0.1, 0.15) is 6.33 Å². The normalized spacial score (nSPS) is 17.2. The van der Waals surface area contributed by atoms with E-state index in [-0.39, 0.29) is 11.7 Å². The first-order chi connectivity index (χ1) is 10.3. The Hall–Kier alpha value is -2.38. The highest BCUT2D eigenvalue weighted by atomic mass is 16.4. The predicted molar refractivity (Wildman–Crippen MR) is 76.0 cm³/mol. The summed E-state index contributed by atoms with van der Waals surface area (Å²) in [6, 6.07) is 2.52. The van der Waals surface area contributed by atoms with Crippen molar-refractivity contribution in [2.75, 3.05) is 0 Å². The molecule has 21 heavy (non-hydrogen) atoms. The molecule has 0 radical (unpaired) electrons. The Morgan fingerprint density at radius 2 is 2.14 bits per heavy atom. The van der Waals surface area contributed by atoms with Crippen LogP contribution < -0.4 is 5.73 Å². The zero-order valence-corrected chi connectivity index (χ0v) is 11.8. The number of oxime groups is 1. The molecule has 8 nitrogen and oxygen atoms in total. The summed E-state index contributed by atoms with van der Waals surface area (Å²) in [5.41, 5.74) is 6.37. The molecule has 0 bridgehead atoms. The van der Waals surface area contributed by atoms with E-state index in [1.807, 2.05) is 12.3 Å². The van der Waals surface area contributed by atoms with Gasteiger partial charge in [0, 0.05) is 6.20 Å². The summed E-state index contributed by atoms with van der Waals surface area (Å²) in [6.07, 6.45) is 9.90. The Morgan fingerprint density at radius 1 is 1.33 bits per heavy atom. The third kappa shape index (κ3) is 3.04. The van der Waals surface area contributed by atoms with Gasteiger partial charge in [-0.25, -0.2) is 9.67 Å². The lowest BCUT2D eigenvalue weighted by atomic mass is 9.96. The predicted octanol–water partition coefficient (Wildman–Crippen LogP) is 1.12. The molecule has 0 aromatic carbocycles. The van der Waals surface area contributed by atoms with E-state index >= 15 is 0 Å². The molecule has 1 aliphatic rings. The fourth-order valence-electron chi connectivity index (χ4n) is 2.71. The van der Waals surface area contributed by atoms with Crippen molar-refractivity contribution >= 4 is 5.84 Å². The van der Waals surface area contributed by atoms with Crippen molar-refractivity contribution < 1.29 is 5.21 Å². The number of aromatic nitrogens is 5. The van der Waals surface area contributed by atoms with Crippen molar-refractivity contribution in [1.82, 2.24) is 24.5 Å². The monoisotopic (exact) mass is 289 g/mol. The molecule has 112 valence electrons. The third-order valence-corrected chi connectivity index (χ3v) is 3.81. The molecule has 8 heteroatoms. The van der Waals surface area contributed by atoms with Gasteiger partial charge in [0.15, 0.2) is 0 Å². The molecule has 1 aliphatic carbocycles. The lowest BCUT2D eigenvalue weighted by molar-refractivity contribution is 0.318. The summed E-state index contributed by atoms with van der Waals surface area (Å²) in [5.74, 6) is 0.116. The molecule has 0 amide bonds. The fraction of sp³-hybridized carbons (Fsp3) is 0.538. The zero-order valence-electron chi connectivity index (χ0n) is 11.8. The second kappa shape index (κ2) is 5.94. The standard InChI is InChI=1S/C13H19N7O/c14-12(18-21)13-15-9-19(17-13)8-10-6-7-20(16-10)11-4-2-1-3-5-11/h6-7,9,11,21H,1-5,8H2,(H2,14,18). The molecule has 0 saturated heterocycles. The molecule has 3 N–H and O–H groups in total. The van der Waals surface area contributed by atoms with Gasteiger partial charge < -0.3 is 10.9 Å². The van der Waals surface area contributed by atoms with E-state index in [1.54, 1.807) is 11.0 Å². The highest BCUT2D eigenvalue weighted by Crippen LogP contribution is 2.27. The van der Waals surface area contributed by atoms with Crippen molar-refractivity contribution in [3.63, 3.8) is 0 Å². The van der Waals surface area contributed by atoms with E-state index in [0.717, 1.165) is 5.69 Å². The van der Waals surface area contributed by atoms with E-state index < -0.39 is 0 Å². The molecule has 2 aromatic heterocycles. The third-order valence-electron chi connectivity index (χ3n) is 3.81. The van der Waals surface area contributed by atoms with Crippen LogP contribution in [0.25, 0.3) is 0 Å². The van der Waals surface area contributed by atoms with Crippen LogP contribution in [-0.4, -0.2) is 35.6 Å². The molecular weight excluding hydrogens is 270 g/mol. The average molecular weight is 289 g/mol. The summed E-state index contributed by atoms with van der Waals surface area (Å²) in [7, 11) is 0. The zero-order chi connectivity index (χ0) is 14.7. The molecule has 2 aromatic rings. The van der Waals surface area contributed by atoms with Crippen molar-refractivity contribution in [2.45, 2.75) is 44.7 Å². The molecule has 0 unspecified atom stereocenters. The molecule has 0 aliphatic heterocycles. The highest BCUT2D eigenvalue weighted by molar-refractivity contribution is 5.93. The van der Waals surface area contributed by atoms with Crippen molar-refractivity contribution in [2.24, 2.45) is 10.9 Å². The van der Waals surface area contributed by atoms with E-state index in [4.69, 9.17) is 10.9 Å². The van der Waals surface area contributed by atoms with Crippen LogP contribution in [0, 0.1) is 0 Å². The highest BCUT2D eigenvalue weighted by Gasteiger charge is 2.16. The molecular formula is C13H19N7O. The molecule has 0 atom stereocenters. The molecule has 1 fully saturated rings. The molecule has 0 spiro atoms. The van der Waals surface area contributed by atoms with Gasteiger partial charge in [-0.2, -0.15) is 5.10 Å². The van der Waals surface area contributed by atoms with Crippen molar-refractivity contribution in [3.05, 3.63) is 30.1 Å². The van der Waals surface area contributed by atoms with Gasteiger partial charge >= 0.3 is 0 Å². The lowest BCUT2D eigenvalue weighted by Crippen LogP contribution is -2.16. The molecule has 2 heterocycles. The van der Waals surface area contributed by atoms with Crippen molar-refractivity contribution in [3.8, 4) is 0 Å². The summed E-state index contributed by atoms with van der Waals surface area (Å²) < 4.78 is 3.69. The van der Waals surface area contributed by atoms with Crippen LogP contribution >= 0.6 is 0 Å². The Kier molecular flexibility index (Phi) is 3.85. The first-order valence-corrected chi connectivity index (χ1v) is 7.17. The van der Waals surface area contributed by atoms with Gasteiger partial charge in [0.25, 0.3) is 0 Å². The number of nitrogens with zero attached hydrogens (tertiary/aromatic N) is 6. The minimum atomic E-state index is -0.0958. The summed E-state index contributed by atoms with van der Waals surface area (Å²) in [5, 5.41) is 20.2. The van der Waals surface area contributed by atoms with Gasteiger partial charge in [-0.1, -0.05) is 24.4 Å². The van der Waals surface area contributed by atoms with Crippen LogP contribution in [0.1, 0.15) is 49.7 Å². The first-order valence-electron chi connectivity index (χ1n) is 7.17. The van der Waals surface area contributed by atoms with E-state index in [2.05, 4.69) is 25.0 Å². The number of rotatable bonds is 4. The van der Waals surface area contributed by atoms with E-state index in [1.165, 1.54) is 32.1 Å².